The lowest BCUT2D eigenvalue weighted by molar-refractivity contribution is 0.0696. The molecule has 2 N–H and O–H groups in total. The highest BCUT2D eigenvalue weighted by atomic mass is 19.1. The number of nitrogens with one attached hydrogen (secondary N) is 1. The van der Waals surface area contributed by atoms with Gasteiger partial charge in [0.2, 0.25) is 0 Å². The molecule has 8 heteroatoms. The molecular weight excluding hydrogens is 403 g/mol. The van der Waals surface area contributed by atoms with E-state index in [1.54, 1.807) is 30.3 Å². The fourth-order valence-corrected chi connectivity index (χ4v) is 2.65. The highest BCUT2D eigenvalue weighted by Gasteiger charge is 2.08. The minimum absolute atomic E-state index is 0.162. The lowest BCUT2D eigenvalue weighted by Crippen LogP contribution is -2.17. The summed E-state index contributed by atoms with van der Waals surface area (Å²) in [6.07, 6.45) is 1.42. The summed E-state index contributed by atoms with van der Waals surface area (Å²) in [4.78, 5) is 22.9. The van der Waals surface area contributed by atoms with Crippen LogP contribution in [-0.4, -0.2) is 30.3 Å². The summed E-state index contributed by atoms with van der Waals surface area (Å²) < 4.78 is 24.3. The first-order valence-electron chi connectivity index (χ1n) is 9.18. The molecule has 0 bridgehead atoms. The third kappa shape index (κ3) is 5.89. The monoisotopic (exact) mass is 422 g/mol. The van der Waals surface area contributed by atoms with Crippen molar-refractivity contribution in [1.82, 2.24) is 5.43 Å². The van der Waals surface area contributed by atoms with Crippen molar-refractivity contribution in [3.8, 4) is 11.5 Å². The van der Waals surface area contributed by atoms with E-state index in [1.165, 1.54) is 43.7 Å². The van der Waals surface area contributed by atoms with Crippen molar-refractivity contribution < 1.29 is 28.6 Å². The number of rotatable bonds is 8. The van der Waals surface area contributed by atoms with E-state index < -0.39 is 17.7 Å². The zero-order valence-electron chi connectivity index (χ0n) is 16.5. The van der Waals surface area contributed by atoms with Gasteiger partial charge in [0.15, 0.2) is 11.5 Å². The second-order valence-electron chi connectivity index (χ2n) is 6.41. The van der Waals surface area contributed by atoms with E-state index in [2.05, 4.69) is 10.5 Å². The Morgan fingerprint density at radius 3 is 2.48 bits per heavy atom. The van der Waals surface area contributed by atoms with Crippen molar-refractivity contribution >= 4 is 18.1 Å². The number of carbonyl (C=O) groups is 2. The molecule has 31 heavy (non-hydrogen) atoms. The number of benzene rings is 3. The molecule has 0 aliphatic heterocycles. The molecule has 158 valence electrons. The Kier molecular flexibility index (Phi) is 6.95. The second-order valence-corrected chi connectivity index (χ2v) is 6.41. The van der Waals surface area contributed by atoms with Crippen LogP contribution in [0.2, 0.25) is 0 Å². The summed E-state index contributed by atoms with van der Waals surface area (Å²) in [5.74, 6) is -1.07. The van der Waals surface area contributed by atoms with Gasteiger partial charge in [-0.25, -0.2) is 14.6 Å². The van der Waals surface area contributed by atoms with Crippen LogP contribution in [0.3, 0.4) is 0 Å². The molecule has 0 unspecified atom stereocenters. The maximum absolute atomic E-state index is 13.2. The number of carbonyl (C=O) groups excluding carboxylic acids is 1. The number of carboxylic acid groups (broad SMARTS) is 1. The van der Waals surface area contributed by atoms with E-state index in [4.69, 9.17) is 14.6 Å². The minimum Gasteiger partial charge on any atom is -0.493 e. The molecule has 0 saturated carbocycles. The van der Waals surface area contributed by atoms with Gasteiger partial charge in [0.25, 0.3) is 5.91 Å². The summed E-state index contributed by atoms with van der Waals surface area (Å²) in [5, 5.41) is 12.8. The Hall–Kier alpha value is -4.20. The topological polar surface area (TPSA) is 97.2 Å². The van der Waals surface area contributed by atoms with Gasteiger partial charge >= 0.3 is 5.97 Å². The second kappa shape index (κ2) is 10.0. The number of hydrogen-bond acceptors (Lipinski definition) is 5. The Balaban J connectivity index is 1.61. The Morgan fingerprint density at radius 1 is 1.03 bits per heavy atom. The number of amides is 1. The minimum atomic E-state index is -0.987. The number of aromatic carboxylic acids is 1. The van der Waals surface area contributed by atoms with Crippen LogP contribution in [0.5, 0.6) is 11.5 Å². The molecule has 0 aromatic heterocycles. The number of halogens is 1. The van der Waals surface area contributed by atoms with E-state index in [1.807, 2.05) is 0 Å². The van der Waals surface area contributed by atoms with E-state index in [0.29, 0.717) is 17.1 Å². The molecule has 1 amide bonds. The first kappa shape index (κ1) is 21.5. The molecule has 3 aromatic carbocycles. The van der Waals surface area contributed by atoms with E-state index in [-0.39, 0.29) is 17.7 Å². The summed E-state index contributed by atoms with van der Waals surface area (Å²) >= 11 is 0. The number of methoxy groups -OCH3 is 1. The fraction of sp³-hybridized carbons (Fsp3) is 0.0870. The lowest BCUT2D eigenvalue weighted by atomic mass is 10.1. The molecule has 0 saturated heterocycles. The first-order valence-corrected chi connectivity index (χ1v) is 9.18. The largest absolute Gasteiger partial charge is 0.493 e. The van der Waals surface area contributed by atoms with Crippen molar-refractivity contribution in [3.63, 3.8) is 0 Å². The van der Waals surface area contributed by atoms with Gasteiger partial charge in [0.1, 0.15) is 12.4 Å². The Labute approximate surface area is 177 Å². The molecule has 0 fully saturated rings. The molecule has 0 spiro atoms. The third-order valence-corrected chi connectivity index (χ3v) is 4.25. The number of hydrazone groups is 1. The lowest BCUT2D eigenvalue weighted by Gasteiger charge is -2.11. The summed E-state index contributed by atoms with van der Waals surface area (Å²) in [7, 11) is 1.50. The molecule has 3 aromatic rings. The van der Waals surface area contributed by atoms with E-state index in [0.717, 1.165) is 11.6 Å². The molecule has 0 heterocycles. The molecule has 0 aliphatic carbocycles. The van der Waals surface area contributed by atoms with Gasteiger partial charge in [-0.05, 0) is 59.7 Å². The standard InChI is InChI=1S/C23H19FN2O5/c1-30-21-11-16(13-25-26-22(27)18-3-2-4-19(24)12-18)7-10-20(21)31-14-15-5-8-17(9-6-15)23(28)29/h2-13H,14H2,1H3,(H,26,27)(H,28,29)/b25-13-. The first-order chi connectivity index (χ1) is 15.0. The normalized spacial score (nSPS) is 10.6. The number of ether oxygens (including phenoxy) is 2. The number of hydrogen-bond donors (Lipinski definition) is 2. The van der Waals surface area contributed by atoms with Crippen molar-refractivity contribution in [3.05, 3.63) is 94.8 Å². The van der Waals surface area contributed by atoms with Gasteiger partial charge in [-0.2, -0.15) is 5.10 Å². The zero-order valence-corrected chi connectivity index (χ0v) is 16.5. The third-order valence-electron chi connectivity index (χ3n) is 4.25. The average molecular weight is 422 g/mol. The predicted molar refractivity (Wildman–Crippen MR) is 112 cm³/mol. The maximum atomic E-state index is 13.2. The molecule has 0 radical (unpaired) electrons. The highest BCUT2D eigenvalue weighted by molar-refractivity contribution is 5.94. The summed E-state index contributed by atoms with van der Waals surface area (Å²) in [6.45, 7) is 0.230. The molecule has 0 aliphatic rings. The molecule has 0 atom stereocenters. The number of nitrogens with zero attached hydrogens (tertiary/aromatic N) is 1. The van der Waals surface area contributed by atoms with Crippen LogP contribution in [0.25, 0.3) is 0 Å². The van der Waals surface area contributed by atoms with Gasteiger partial charge in [0.05, 0.1) is 18.9 Å². The van der Waals surface area contributed by atoms with Gasteiger partial charge in [0, 0.05) is 5.56 Å². The zero-order chi connectivity index (χ0) is 22.2. The predicted octanol–water partition coefficient (Wildman–Crippen LogP) is 3.88. The average Bonchev–Trinajstić information content (AvgIpc) is 2.78. The van der Waals surface area contributed by atoms with Crippen molar-refractivity contribution in [1.29, 1.82) is 0 Å². The van der Waals surface area contributed by atoms with E-state index in [9.17, 15) is 14.0 Å². The van der Waals surface area contributed by atoms with Crippen molar-refractivity contribution in [2.24, 2.45) is 5.10 Å². The van der Waals surface area contributed by atoms with Crippen LogP contribution < -0.4 is 14.9 Å². The van der Waals surface area contributed by atoms with Crippen LogP contribution in [0.4, 0.5) is 4.39 Å². The van der Waals surface area contributed by atoms with Crippen LogP contribution in [0.15, 0.2) is 71.8 Å². The summed E-state index contributed by atoms with van der Waals surface area (Å²) in [6, 6.07) is 16.8. The van der Waals surface area contributed by atoms with Crippen molar-refractivity contribution in [2.45, 2.75) is 6.61 Å². The maximum Gasteiger partial charge on any atom is 0.335 e. The van der Waals surface area contributed by atoms with E-state index >= 15 is 0 Å². The fourth-order valence-electron chi connectivity index (χ4n) is 2.65. The van der Waals surface area contributed by atoms with Crippen LogP contribution in [0.1, 0.15) is 31.8 Å². The van der Waals surface area contributed by atoms with Crippen LogP contribution in [-0.2, 0) is 6.61 Å². The van der Waals surface area contributed by atoms with Gasteiger partial charge in [-0.15, -0.1) is 0 Å². The summed E-state index contributed by atoms with van der Waals surface area (Å²) in [5.41, 5.74) is 4.15. The molecule has 3 rings (SSSR count). The molecular formula is C23H19FN2O5. The molecule has 7 nitrogen and oxygen atoms in total. The van der Waals surface area contributed by atoms with Crippen molar-refractivity contribution in [2.75, 3.05) is 7.11 Å². The quantitative estimate of drug-likeness (QED) is 0.424. The Bertz CT molecular complexity index is 1110. The van der Waals surface area contributed by atoms with Gasteiger partial charge in [-0.3, -0.25) is 4.79 Å². The van der Waals surface area contributed by atoms with Crippen LogP contribution >= 0.6 is 0 Å². The SMILES string of the molecule is COc1cc(/C=N\NC(=O)c2cccc(F)c2)ccc1OCc1ccc(C(=O)O)cc1. The Morgan fingerprint density at radius 2 is 1.81 bits per heavy atom. The van der Waals surface area contributed by atoms with Gasteiger partial charge < -0.3 is 14.6 Å². The van der Waals surface area contributed by atoms with Crippen LogP contribution in [0, 0.1) is 5.82 Å². The smallest absolute Gasteiger partial charge is 0.335 e. The van der Waals surface area contributed by atoms with Gasteiger partial charge in [-0.1, -0.05) is 18.2 Å². The number of carboxylic acids is 1. The highest BCUT2D eigenvalue weighted by Crippen LogP contribution is 2.28.